The van der Waals surface area contributed by atoms with Crippen molar-refractivity contribution in [1.29, 1.82) is 0 Å². The van der Waals surface area contributed by atoms with Crippen molar-refractivity contribution in [1.82, 2.24) is 14.7 Å². The van der Waals surface area contributed by atoms with Crippen molar-refractivity contribution in [2.75, 3.05) is 57.9 Å². The van der Waals surface area contributed by atoms with E-state index in [1.54, 1.807) is 0 Å². The van der Waals surface area contributed by atoms with E-state index < -0.39 is 18.5 Å². The minimum Gasteiger partial charge on any atom is -0.394 e. The Morgan fingerprint density at radius 1 is 1.25 bits per heavy atom. The molecular formula is C26H35F3N4O3. The maximum atomic E-state index is 12.8. The second-order valence-corrected chi connectivity index (χ2v) is 9.83. The molecular weight excluding hydrogens is 473 g/mol. The number of likely N-dealkylation sites (tertiary alicyclic amines) is 1. The van der Waals surface area contributed by atoms with Gasteiger partial charge >= 0.3 is 12.2 Å². The van der Waals surface area contributed by atoms with Crippen molar-refractivity contribution in [3.05, 3.63) is 47.3 Å². The number of carbonyl (C=O) groups is 1. The first-order chi connectivity index (χ1) is 17.1. The van der Waals surface area contributed by atoms with Gasteiger partial charge in [0, 0.05) is 44.8 Å². The number of alkyl halides is 3. The molecule has 198 valence electrons. The molecule has 3 aliphatic rings. The highest BCUT2D eigenvalue weighted by molar-refractivity contribution is 5.91. The molecule has 36 heavy (non-hydrogen) atoms. The van der Waals surface area contributed by atoms with Crippen molar-refractivity contribution < 1.29 is 27.8 Å². The Bertz CT molecular complexity index is 1000. The van der Waals surface area contributed by atoms with Gasteiger partial charge in [0.15, 0.2) is 0 Å². The molecule has 3 aliphatic heterocycles. The summed E-state index contributed by atoms with van der Waals surface area (Å²) in [7, 11) is 0. The first-order valence-electron chi connectivity index (χ1n) is 12.5. The number of anilines is 1. The fourth-order valence-corrected chi connectivity index (χ4v) is 5.05. The fraction of sp³-hybridized carbons (Fsp3) is 0.577. The van der Waals surface area contributed by atoms with Crippen LogP contribution in [0.3, 0.4) is 0 Å². The SMILES string of the molecule is Cc1ccc(NC(=O)N2CC[C@@H](CC(F)(F)F)C2)cc1C1=CCN([C@@H](C)CO)C(N2CCOCC2)=C1. The Morgan fingerprint density at radius 3 is 2.69 bits per heavy atom. The number of amides is 2. The van der Waals surface area contributed by atoms with Crippen LogP contribution in [-0.4, -0.2) is 90.6 Å². The molecule has 0 unspecified atom stereocenters. The average Bonchev–Trinajstić information content (AvgIpc) is 3.32. The third-order valence-electron chi connectivity index (χ3n) is 7.11. The lowest BCUT2D eigenvalue weighted by Gasteiger charge is -2.42. The van der Waals surface area contributed by atoms with Gasteiger partial charge in [0.2, 0.25) is 0 Å². The number of nitrogens with zero attached hydrogens (tertiary/aromatic N) is 3. The van der Waals surface area contributed by atoms with Gasteiger partial charge in [-0.2, -0.15) is 13.2 Å². The minimum absolute atomic E-state index is 0.0368. The van der Waals surface area contributed by atoms with Crippen molar-refractivity contribution in [3.63, 3.8) is 0 Å². The number of ether oxygens (including phenoxy) is 1. The number of rotatable bonds is 6. The molecule has 1 aromatic rings. The third-order valence-corrected chi connectivity index (χ3v) is 7.11. The number of benzene rings is 1. The van der Waals surface area contributed by atoms with Crippen molar-refractivity contribution in [2.45, 2.75) is 38.9 Å². The molecule has 0 saturated carbocycles. The molecule has 0 aromatic heterocycles. The van der Waals surface area contributed by atoms with E-state index in [4.69, 9.17) is 4.74 Å². The summed E-state index contributed by atoms with van der Waals surface area (Å²) < 4.78 is 43.7. The predicted molar refractivity (Wildman–Crippen MR) is 132 cm³/mol. The van der Waals surface area contributed by atoms with Gasteiger partial charge in [0.25, 0.3) is 0 Å². The number of aliphatic hydroxyl groups is 1. The van der Waals surface area contributed by atoms with Gasteiger partial charge < -0.3 is 29.9 Å². The quantitative estimate of drug-likeness (QED) is 0.607. The summed E-state index contributed by atoms with van der Waals surface area (Å²) in [4.78, 5) is 18.7. The normalized spacial score (nSPS) is 21.8. The van der Waals surface area contributed by atoms with Gasteiger partial charge in [-0.05, 0) is 61.1 Å². The lowest BCUT2D eigenvalue weighted by atomic mass is 9.96. The zero-order chi connectivity index (χ0) is 25.9. The van der Waals surface area contributed by atoms with Crippen LogP contribution in [0.2, 0.25) is 0 Å². The molecule has 1 aromatic carbocycles. The van der Waals surface area contributed by atoms with E-state index in [2.05, 4.69) is 27.3 Å². The number of aryl methyl sites for hydroxylation is 1. The van der Waals surface area contributed by atoms with Gasteiger partial charge in [-0.15, -0.1) is 0 Å². The van der Waals surface area contributed by atoms with Crippen LogP contribution in [0.5, 0.6) is 0 Å². The van der Waals surface area contributed by atoms with E-state index in [0.717, 1.165) is 35.6 Å². The molecule has 2 saturated heterocycles. The monoisotopic (exact) mass is 508 g/mol. The van der Waals surface area contributed by atoms with E-state index in [1.165, 1.54) is 4.90 Å². The summed E-state index contributed by atoms with van der Waals surface area (Å²) in [5, 5.41) is 12.7. The van der Waals surface area contributed by atoms with Crippen LogP contribution in [-0.2, 0) is 4.74 Å². The Morgan fingerprint density at radius 2 is 2.00 bits per heavy atom. The highest BCUT2D eigenvalue weighted by Crippen LogP contribution is 2.32. The van der Waals surface area contributed by atoms with Crippen LogP contribution in [0.4, 0.5) is 23.7 Å². The molecule has 4 rings (SSSR count). The lowest BCUT2D eigenvalue weighted by Crippen LogP contribution is -2.47. The zero-order valence-corrected chi connectivity index (χ0v) is 20.9. The minimum atomic E-state index is -4.21. The van der Waals surface area contributed by atoms with E-state index in [9.17, 15) is 23.1 Å². The zero-order valence-electron chi connectivity index (χ0n) is 20.9. The number of aliphatic hydroxyl groups excluding tert-OH is 1. The maximum absolute atomic E-state index is 12.8. The van der Waals surface area contributed by atoms with Gasteiger partial charge in [0.05, 0.1) is 25.9 Å². The van der Waals surface area contributed by atoms with Crippen LogP contribution in [0.25, 0.3) is 5.57 Å². The molecule has 2 amide bonds. The Balaban J connectivity index is 1.50. The largest absolute Gasteiger partial charge is 0.394 e. The third kappa shape index (κ3) is 6.34. The number of carbonyl (C=O) groups excluding carboxylic acids is 1. The van der Waals surface area contributed by atoms with Gasteiger partial charge in [-0.1, -0.05) is 12.1 Å². The molecule has 2 atom stereocenters. The summed E-state index contributed by atoms with van der Waals surface area (Å²) in [5.74, 6) is 0.490. The summed E-state index contributed by atoms with van der Waals surface area (Å²) in [6.07, 6.45) is -0.474. The number of halogens is 3. The molecule has 10 heteroatoms. The van der Waals surface area contributed by atoms with Crippen LogP contribution in [0, 0.1) is 12.8 Å². The maximum Gasteiger partial charge on any atom is 0.389 e. The summed E-state index contributed by atoms with van der Waals surface area (Å²) in [5.41, 5.74) is 3.66. The van der Waals surface area contributed by atoms with Crippen molar-refractivity contribution in [3.8, 4) is 0 Å². The lowest BCUT2D eigenvalue weighted by molar-refractivity contribution is -0.143. The topological polar surface area (TPSA) is 68.3 Å². The van der Waals surface area contributed by atoms with Crippen LogP contribution < -0.4 is 5.32 Å². The van der Waals surface area contributed by atoms with E-state index in [1.807, 2.05) is 32.0 Å². The Kier molecular flexibility index (Phi) is 8.14. The standard InChI is InChI=1S/C26H35F3N4O3/c1-18-3-4-22(30-25(35)32-7-5-20(16-32)15-26(27,28)29)14-23(18)21-6-8-33(19(2)17-34)24(13-21)31-9-11-36-12-10-31/h3-4,6,13-14,19-20,34H,5,7-12,15-17H2,1-2H3,(H,30,35)/t19-,20-/m0/s1. The number of hydrogen-bond acceptors (Lipinski definition) is 5. The first kappa shape index (κ1) is 26.3. The Hall–Kier alpha value is -2.72. The van der Waals surface area contributed by atoms with Gasteiger partial charge in [-0.25, -0.2) is 4.79 Å². The summed E-state index contributed by atoms with van der Waals surface area (Å²) in [6, 6.07) is 5.26. The smallest absolute Gasteiger partial charge is 0.389 e. The first-order valence-corrected chi connectivity index (χ1v) is 12.5. The number of morpholine rings is 1. The number of nitrogens with one attached hydrogen (secondary N) is 1. The number of allylic oxidation sites excluding steroid dienone is 2. The molecule has 2 fully saturated rings. The van der Waals surface area contributed by atoms with Crippen LogP contribution in [0.15, 0.2) is 36.2 Å². The average molecular weight is 509 g/mol. The predicted octanol–water partition coefficient (Wildman–Crippen LogP) is 4.05. The highest BCUT2D eigenvalue weighted by atomic mass is 19.4. The second-order valence-electron chi connectivity index (χ2n) is 9.83. The van der Waals surface area contributed by atoms with E-state index in [-0.39, 0.29) is 25.2 Å². The van der Waals surface area contributed by atoms with Crippen molar-refractivity contribution in [2.24, 2.45) is 5.92 Å². The van der Waals surface area contributed by atoms with E-state index >= 15 is 0 Å². The van der Waals surface area contributed by atoms with Crippen LogP contribution in [0.1, 0.15) is 30.9 Å². The number of hydrogen-bond donors (Lipinski definition) is 2. The van der Waals surface area contributed by atoms with Crippen LogP contribution >= 0.6 is 0 Å². The second kappa shape index (κ2) is 11.1. The molecule has 0 aliphatic carbocycles. The highest BCUT2D eigenvalue weighted by Gasteiger charge is 2.36. The number of urea groups is 1. The van der Waals surface area contributed by atoms with Gasteiger partial charge in [-0.3, -0.25) is 0 Å². The summed E-state index contributed by atoms with van der Waals surface area (Å²) in [6.45, 7) is 7.97. The van der Waals surface area contributed by atoms with Crippen molar-refractivity contribution >= 4 is 17.3 Å². The summed E-state index contributed by atoms with van der Waals surface area (Å²) >= 11 is 0. The fourth-order valence-electron chi connectivity index (χ4n) is 5.05. The molecule has 0 bridgehead atoms. The molecule has 2 N–H and O–H groups in total. The molecule has 7 nitrogen and oxygen atoms in total. The molecule has 3 heterocycles. The van der Waals surface area contributed by atoms with E-state index in [0.29, 0.717) is 38.4 Å². The van der Waals surface area contributed by atoms with Gasteiger partial charge in [0.1, 0.15) is 5.82 Å². The Labute approximate surface area is 210 Å². The molecule has 0 spiro atoms. The molecule has 0 radical (unpaired) electrons.